The molecule has 1 amide bonds. The maximum atomic E-state index is 13.8. The van der Waals surface area contributed by atoms with Crippen LogP contribution in [-0.2, 0) is 11.3 Å². The van der Waals surface area contributed by atoms with E-state index >= 15 is 0 Å². The molecule has 0 radical (unpaired) electrons. The van der Waals surface area contributed by atoms with Crippen molar-refractivity contribution in [3.8, 4) is 11.5 Å². The van der Waals surface area contributed by atoms with Gasteiger partial charge in [-0.25, -0.2) is 4.79 Å². The van der Waals surface area contributed by atoms with Gasteiger partial charge in [-0.1, -0.05) is 48.0 Å². The minimum absolute atomic E-state index is 0.182. The van der Waals surface area contributed by atoms with E-state index in [1.807, 2.05) is 32.9 Å². The number of nitrogens with zero attached hydrogens (tertiary/aromatic N) is 2. The fourth-order valence-electron chi connectivity index (χ4n) is 3.57. The van der Waals surface area contributed by atoms with Crippen LogP contribution in [0.3, 0.4) is 0 Å². The molecule has 2 rings (SSSR count). The second kappa shape index (κ2) is 11.4. The summed E-state index contributed by atoms with van der Waals surface area (Å²) < 4.78 is 19.6. The van der Waals surface area contributed by atoms with Gasteiger partial charge < -0.3 is 14.2 Å². The number of hydrogen-bond acceptors (Lipinski definition) is 5. The predicted octanol–water partition coefficient (Wildman–Crippen LogP) is 6.63. The molecule has 0 bridgehead atoms. The predicted molar refractivity (Wildman–Crippen MR) is 143 cm³/mol. The zero-order chi connectivity index (χ0) is 26.6. The highest BCUT2D eigenvalue weighted by molar-refractivity contribution is 5.97. The Morgan fingerprint density at radius 2 is 1.71 bits per heavy atom. The van der Waals surface area contributed by atoms with Gasteiger partial charge in [0.25, 0.3) is 5.56 Å². The molecular formula is C28H44N2O5. The van der Waals surface area contributed by atoms with Crippen molar-refractivity contribution in [3.05, 3.63) is 28.6 Å². The SMILES string of the molecule is CCCCOc1c(N(C)C(=O)OC(C)(C)C)n(CC(C)(C)C)c(=O)c2ccc(OCC(C)C)cc12. The van der Waals surface area contributed by atoms with Crippen LogP contribution >= 0.6 is 0 Å². The fraction of sp³-hybridized carbons (Fsp3) is 0.643. The largest absolute Gasteiger partial charge is 0.493 e. The Morgan fingerprint density at radius 3 is 2.26 bits per heavy atom. The number of pyridine rings is 1. The molecule has 7 heteroatoms. The van der Waals surface area contributed by atoms with Crippen LogP contribution in [0.4, 0.5) is 10.6 Å². The van der Waals surface area contributed by atoms with Gasteiger partial charge >= 0.3 is 6.09 Å². The van der Waals surface area contributed by atoms with E-state index in [0.717, 1.165) is 12.8 Å². The Kier molecular flexibility index (Phi) is 9.26. The molecule has 0 aliphatic carbocycles. The van der Waals surface area contributed by atoms with Crippen LogP contribution in [0.15, 0.2) is 23.0 Å². The van der Waals surface area contributed by atoms with Crippen LogP contribution in [0.5, 0.6) is 11.5 Å². The lowest BCUT2D eigenvalue weighted by Gasteiger charge is -2.30. The third-order valence-electron chi connectivity index (χ3n) is 5.12. The summed E-state index contributed by atoms with van der Waals surface area (Å²) in [4.78, 5) is 28.3. The van der Waals surface area contributed by atoms with Gasteiger partial charge in [-0.2, -0.15) is 0 Å². The monoisotopic (exact) mass is 488 g/mol. The number of hydrogen-bond donors (Lipinski definition) is 0. The molecule has 0 atom stereocenters. The van der Waals surface area contributed by atoms with Gasteiger partial charge in [0.05, 0.1) is 18.6 Å². The normalized spacial score (nSPS) is 12.2. The van der Waals surface area contributed by atoms with E-state index in [-0.39, 0.29) is 11.0 Å². The maximum Gasteiger partial charge on any atom is 0.415 e. The molecular weight excluding hydrogens is 444 g/mol. The molecule has 1 aromatic carbocycles. The summed E-state index contributed by atoms with van der Waals surface area (Å²) in [6.45, 7) is 19.3. The lowest BCUT2D eigenvalue weighted by Crippen LogP contribution is -2.39. The number of amides is 1. The third kappa shape index (κ3) is 7.91. The number of unbranched alkanes of at least 4 members (excludes halogenated alkanes) is 1. The number of ether oxygens (including phenoxy) is 3. The standard InChI is InChI=1S/C28H44N2O5/c1-11-12-15-33-23-22-16-20(34-17-19(2)3)13-14-21(22)25(31)30(18-27(4,5)6)24(23)29(10)26(32)35-28(7,8)9/h13-14,16,19H,11-12,15,17-18H2,1-10H3. The van der Waals surface area contributed by atoms with Crippen molar-refractivity contribution in [2.24, 2.45) is 11.3 Å². The maximum absolute atomic E-state index is 13.8. The van der Waals surface area contributed by atoms with Crippen LogP contribution in [0.2, 0.25) is 0 Å². The first-order valence-corrected chi connectivity index (χ1v) is 12.6. The summed E-state index contributed by atoms with van der Waals surface area (Å²) in [6, 6.07) is 5.45. The smallest absolute Gasteiger partial charge is 0.415 e. The minimum Gasteiger partial charge on any atom is -0.493 e. The van der Waals surface area contributed by atoms with Crippen LogP contribution in [-0.4, -0.2) is 36.5 Å². The van der Waals surface area contributed by atoms with Crippen molar-refractivity contribution < 1.29 is 19.0 Å². The summed E-state index contributed by atoms with van der Waals surface area (Å²) in [5, 5.41) is 1.15. The molecule has 0 aliphatic rings. The van der Waals surface area contributed by atoms with Gasteiger partial charge in [0.2, 0.25) is 0 Å². The van der Waals surface area contributed by atoms with E-state index in [4.69, 9.17) is 14.2 Å². The van der Waals surface area contributed by atoms with E-state index in [2.05, 4.69) is 41.5 Å². The Hall–Kier alpha value is -2.70. The molecule has 0 aliphatic heterocycles. The van der Waals surface area contributed by atoms with Gasteiger partial charge in [-0.3, -0.25) is 14.3 Å². The van der Waals surface area contributed by atoms with Gasteiger partial charge in [0.1, 0.15) is 11.4 Å². The summed E-state index contributed by atoms with van der Waals surface area (Å²) in [5.74, 6) is 1.90. The van der Waals surface area contributed by atoms with Gasteiger partial charge in [-0.05, 0) is 56.7 Å². The third-order valence-corrected chi connectivity index (χ3v) is 5.12. The van der Waals surface area contributed by atoms with Crippen LogP contribution in [0.1, 0.15) is 75.2 Å². The first-order valence-electron chi connectivity index (χ1n) is 12.6. The summed E-state index contributed by atoms with van der Waals surface area (Å²) in [5.41, 5.74) is -1.08. The molecule has 196 valence electrons. The number of anilines is 1. The van der Waals surface area contributed by atoms with Crippen molar-refractivity contribution in [2.45, 2.75) is 87.3 Å². The van der Waals surface area contributed by atoms with E-state index < -0.39 is 11.7 Å². The second-order valence-corrected chi connectivity index (χ2v) is 11.8. The lowest BCUT2D eigenvalue weighted by atomic mass is 9.96. The Balaban J connectivity index is 2.84. The number of aromatic nitrogens is 1. The molecule has 2 aromatic rings. The average Bonchev–Trinajstić information content (AvgIpc) is 2.72. The molecule has 1 heterocycles. The van der Waals surface area contributed by atoms with Crippen molar-refractivity contribution in [1.82, 2.24) is 4.57 Å². The molecule has 0 saturated carbocycles. The number of fused-ring (bicyclic) bond motifs is 1. The molecule has 1 aromatic heterocycles. The molecule has 0 fully saturated rings. The summed E-state index contributed by atoms with van der Waals surface area (Å²) in [7, 11) is 1.62. The van der Waals surface area contributed by atoms with Crippen molar-refractivity contribution in [1.29, 1.82) is 0 Å². The number of carbonyl (C=O) groups excluding carboxylic acids is 1. The first kappa shape index (κ1) is 28.5. The molecule has 35 heavy (non-hydrogen) atoms. The average molecular weight is 489 g/mol. The van der Waals surface area contributed by atoms with Crippen LogP contribution in [0, 0.1) is 11.3 Å². The fourth-order valence-corrected chi connectivity index (χ4v) is 3.57. The quantitative estimate of drug-likeness (QED) is 0.370. The molecule has 0 spiro atoms. The first-order chi connectivity index (χ1) is 16.1. The molecule has 0 saturated heterocycles. The summed E-state index contributed by atoms with van der Waals surface area (Å²) >= 11 is 0. The van der Waals surface area contributed by atoms with Gasteiger partial charge in [0.15, 0.2) is 11.6 Å². The topological polar surface area (TPSA) is 70.0 Å². The van der Waals surface area contributed by atoms with Crippen molar-refractivity contribution >= 4 is 22.7 Å². The highest BCUT2D eigenvalue weighted by Crippen LogP contribution is 2.38. The zero-order valence-electron chi connectivity index (χ0n) is 23.3. The van der Waals surface area contributed by atoms with E-state index in [1.165, 1.54) is 4.90 Å². The number of carbonyl (C=O) groups is 1. The number of benzene rings is 1. The van der Waals surface area contributed by atoms with Gasteiger partial charge in [-0.15, -0.1) is 0 Å². The molecule has 7 nitrogen and oxygen atoms in total. The van der Waals surface area contributed by atoms with Crippen molar-refractivity contribution in [3.63, 3.8) is 0 Å². The van der Waals surface area contributed by atoms with E-state index in [1.54, 1.807) is 17.7 Å². The second-order valence-electron chi connectivity index (χ2n) is 11.8. The Morgan fingerprint density at radius 1 is 1.06 bits per heavy atom. The van der Waals surface area contributed by atoms with Crippen LogP contribution in [0.25, 0.3) is 10.8 Å². The van der Waals surface area contributed by atoms with E-state index in [9.17, 15) is 9.59 Å². The van der Waals surface area contributed by atoms with E-state index in [0.29, 0.717) is 53.8 Å². The van der Waals surface area contributed by atoms with Crippen LogP contribution < -0.4 is 19.9 Å². The van der Waals surface area contributed by atoms with Gasteiger partial charge in [0, 0.05) is 19.0 Å². The minimum atomic E-state index is -0.682. The lowest BCUT2D eigenvalue weighted by molar-refractivity contribution is 0.0585. The molecule has 0 unspecified atom stereocenters. The Bertz CT molecular complexity index is 1070. The zero-order valence-corrected chi connectivity index (χ0v) is 23.3. The number of rotatable bonds is 9. The molecule has 0 N–H and O–H groups in total. The Labute approximate surface area is 210 Å². The van der Waals surface area contributed by atoms with Crippen molar-refractivity contribution in [2.75, 3.05) is 25.2 Å². The highest BCUT2D eigenvalue weighted by Gasteiger charge is 2.29. The summed E-state index contributed by atoms with van der Waals surface area (Å²) in [6.07, 6.45) is 1.25. The highest BCUT2D eigenvalue weighted by atomic mass is 16.6.